The van der Waals surface area contributed by atoms with Crippen molar-refractivity contribution in [1.29, 1.82) is 0 Å². The molecule has 1 aromatic carbocycles. The summed E-state index contributed by atoms with van der Waals surface area (Å²) < 4.78 is 5.80. The van der Waals surface area contributed by atoms with E-state index in [1.54, 1.807) is 12.3 Å². The molecule has 1 fully saturated rings. The molecule has 2 aliphatic heterocycles. The van der Waals surface area contributed by atoms with Gasteiger partial charge in [0.05, 0.1) is 6.61 Å². The van der Waals surface area contributed by atoms with Crippen LogP contribution in [0.3, 0.4) is 0 Å². The molecule has 1 aromatic heterocycles. The van der Waals surface area contributed by atoms with Gasteiger partial charge in [-0.25, -0.2) is 4.98 Å². The number of ether oxygens (including phenoxy) is 1. The van der Waals surface area contributed by atoms with Crippen molar-refractivity contribution in [2.45, 2.75) is 46.0 Å². The third kappa shape index (κ3) is 6.67. The molecule has 2 amide bonds. The molecule has 2 aliphatic rings. The predicted octanol–water partition coefficient (Wildman–Crippen LogP) is 4.96. The molecule has 172 valence electrons. The normalized spacial score (nSPS) is 16.1. The van der Waals surface area contributed by atoms with E-state index in [-0.39, 0.29) is 13.2 Å². The average Bonchev–Trinajstić information content (AvgIpc) is 2.85. The maximum Gasteiger partial charge on any atom is 0.246 e. The van der Waals surface area contributed by atoms with Crippen molar-refractivity contribution in [3.63, 3.8) is 0 Å². The van der Waals surface area contributed by atoms with Gasteiger partial charge in [-0.3, -0.25) is 9.59 Å². The molecule has 1 saturated heterocycles. The van der Waals surface area contributed by atoms with Crippen LogP contribution in [0.1, 0.15) is 52.1 Å². The number of pyridine rings is 1. The van der Waals surface area contributed by atoms with Crippen LogP contribution in [0.5, 0.6) is 5.75 Å². The van der Waals surface area contributed by atoms with E-state index in [0.29, 0.717) is 31.2 Å². The zero-order chi connectivity index (χ0) is 22.8. The number of likely N-dealkylation sites (tertiary alicyclic amines) is 1. The summed E-state index contributed by atoms with van der Waals surface area (Å²) in [4.78, 5) is 30.2. The molecule has 0 unspecified atom stereocenters. The number of fused-ring (bicyclic) bond motifs is 1. The van der Waals surface area contributed by atoms with E-state index in [4.69, 9.17) is 4.74 Å². The molecule has 6 heteroatoms. The summed E-state index contributed by atoms with van der Waals surface area (Å²) in [6, 6.07) is 11.9. The molecule has 0 radical (unpaired) electrons. The minimum absolute atomic E-state index is 0. The van der Waals surface area contributed by atoms with E-state index >= 15 is 0 Å². The number of nitrogens with zero attached hydrogens (tertiary/aromatic N) is 2. The summed E-state index contributed by atoms with van der Waals surface area (Å²) in [5.41, 5.74) is 1.90. The summed E-state index contributed by atoms with van der Waals surface area (Å²) in [7, 11) is 0. The number of carbonyl (C=O) groups excluding carboxylic acids is 2. The van der Waals surface area contributed by atoms with Crippen LogP contribution in [0, 0.1) is 5.92 Å². The zero-order valence-electron chi connectivity index (χ0n) is 19.0. The fraction of sp³-hybridized carbons (Fsp3) is 0.423. The second-order valence-electron chi connectivity index (χ2n) is 7.88. The van der Waals surface area contributed by atoms with Crippen molar-refractivity contribution in [3.8, 4) is 5.75 Å². The van der Waals surface area contributed by atoms with Crippen LogP contribution < -0.4 is 10.1 Å². The molecule has 3 heterocycles. The monoisotopic (exact) mass is 437 g/mol. The van der Waals surface area contributed by atoms with E-state index in [1.807, 2.05) is 61.2 Å². The van der Waals surface area contributed by atoms with Gasteiger partial charge in [-0.15, -0.1) is 0 Å². The van der Waals surface area contributed by atoms with Gasteiger partial charge in [-0.05, 0) is 67.0 Å². The fourth-order valence-electron chi connectivity index (χ4n) is 3.94. The second-order valence-corrected chi connectivity index (χ2v) is 7.88. The largest absolute Gasteiger partial charge is 0.494 e. The number of hydrogen-bond donors (Lipinski definition) is 1. The molecule has 1 N–H and O–H groups in total. The Balaban J connectivity index is 0.00000125. The first-order valence-corrected chi connectivity index (χ1v) is 11.6. The number of aromatic nitrogens is 1. The van der Waals surface area contributed by atoms with E-state index in [0.717, 1.165) is 49.2 Å². The van der Waals surface area contributed by atoms with Gasteiger partial charge in [0.1, 0.15) is 11.6 Å². The van der Waals surface area contributed by atoms with Crippen molar-refractivity contribution in [1.82, 2.24) is 9.88 Å². The Morgan fingerprint density at radius 2 is 1.97 bits per heavy atom. The molecule has 0 saturated carbocycles. The molecular weight excluding hydrogens is 402 g/mol. The predicted molar refractivity (Wildman–Crippen MR) is 130 cm³/mol. The van der Waals surface area contributed by atoms with Crippen LogP contribution in [-0.2, 0) is 16.0 Å². The van der Waals surface area contributed by atoms with Gasteiger partial charge in [-0.2, -0.15) is 0 Å². The number of anilines is 1. The molecule has 6 nitrogen and oxygen atoms in total. The molecule has 4 rings (SSSR count). The molecule has 0 spiro atoms. The molecule has 2 aromatic rings. The Morgan fingerprint density at radius 3 is 2.72 bits per heavy atom. The van der Waals surface area contributed by atoms with E-state index in [2.05, 4.69) is 10.3 Å². The van der Waals surface area contributed by atoms with Crippen LogP contribution in [0.2, 0.25) is 0 Å². The highest BCUT2D eigenvalue weighted by molar-refractivity contribution is 5.93. The minimum atomic E-state index is 0. The molecule has 0 bridgehead atoms. The number of rotatable bonds is 6. The Kier molecular flexibility index (Phi) is 8.84. The molecule has 0 atom stereocenters. The second kappa shape index (κ2) is 12.0. The van der Waals surface area contributed by atoms with Crippen LogP contribution in [0.4, 0.5) is 5.82 Å². The third-order valence-corrected chi connectivity index (χ3v) is 5.75. The highest BCUT2D eigenvalue weighted by Crippen LogP contribution is 2.23. The highest BCUT2D eigenvalue weighted by Gasteiger charge is 2.21. The number of aryl methyl sites for hydroxylation is 1. The zero-order valence-corrected chi connectivity index (χ0v) is 19.0. The van der Waals surface area contributed by atoms with Crippen LogP contribution >= 0.6 is 0 Å². The highest BCUT2D eigenvalue weighted by atomic mass is 16.5. The quantitative estimate of drug-likeness (QED) is 0.649. The maximum atomic E-state index is 12.5. The van der Waals surface area contributed by atoms with Crippen molar-refractivity contribution < 1.29 is 15.8 Å². The number of para-hydroxylation sites is 1. The maximum absolute atomic E-state index is 12.5. The van der Waals surface area contributed by atoms with Crippen LogP contribution in [0.25, 0.3) is 6.08 Å². The van der Waals surface area contributed by atoms with Gasteiger partial charge >= 0.3 is 0 Å². The Labute approximate surface area is 192 Å². The lowest BCUT2D eigenvalue weighted by Crippen LogP contribution is -2.37. The summed E-state index contributed by atoms with van der Waals surface area (Å²) in [6.45, 7) is 6.29. The van der Waals surface area contributed by atoms with Gasteiger partial charge in [0.15, 0.2) is 0 Å². The summed E-state index contributed by atoms with van der Waals surface area (Å²) >= 11 is 0. The number of piperidine rings is 1. The fourth-order valence-corrected chi connectivity index (χ4v) is 3.94. The van der Waals surface area contributed by atoms with Gasteiger partial charge < -0.3 is 15.0 Å². The van der Waals surface area contributed by atoms with Gasteiger partial charge in [0, 0.05) is 33.2 Å². The summed E-state index contributed by atoms with van der Waals surface area (Å²) in [5.74, 6) is 2.19. The number of carbonyl (C=O) groups is 2. The smallest absolute Gasteiger partial charge is 0.246 e. The van der Waals surface area contributed by atoms with E-state index in [1.165, 1.54) is 0 Å². The van der Waals surface area contributed by atoms with E-state index < -0.39 is 0 Å². The topological polar surface area (TPSA) is 71.5 Å². The lowest BCUT2D eigenvalue weighted by Gasteiger charge is -2.31. The van der Waals surface area contributed by atoms with Gasteiger partial charge in [0.25, 0.3) is 0 Å². The van der Waals surface area contributed by atoms with Crippen LogP contribution in [0.15, 0.2) is 48.7 Å². The van der Waals surface area contributed by atoms with Crippen molar-refractivity contribution in [2.24, 2.45) is 5.92 Å². The average molecular weight is 438 g/mol. The first kappa shape index (κ1) is 23.5. The lowest BCUT2D eigenvalue weighted by atomic mass is 9.94. The Hall–Kier alpha value is -3.15. The Bertz CT molecular complexity index is 926. The van der Waals surface area contributed by atoms with Crippen molar-refractivity contribution >= 4 is 23.7 Å². The number of nitrogens with one attached hydrogen (secondary N) is 1. The SMILES string of the molecule is CC.O=C1CCc2cc(/C=C/C(=O)N3CCC(CCOc4ccccc4)CC3)cnc2N1.[HH]. The standard InChI is InChI=1S/C24H27N3O3.C2H6.H2/c28-22-8-7-20-16-19(17-25-24(20)26-22)6-9-23(29)27-13-10-18(11-14-27)12-15-30-21-4-2-1-3-5-21;1-2;/h1-6,9,16-18H,7-8,10-15H2,(H,25,26,28);1-2H3;1H/b9-6+;;. The summed E-state index contributed by atoms with van der Waals surface area (Å²) in [6.07, 6.45) is 9.33. The van der Waals surface area contributed by atoms with Gasteiger partial charge in [0.2, 0.25) is 11.8 Å². The number of amides is 2. The minimum Gasteiger partial charge on any atom is -0.494 e. The number of hydrogen-bond acceptors (Lipinski definition) is 4. The first-order valence-electron chi connectivity index (χ1n) is 11.6. The summed E-state index contributed by atoms with van der Waals surface area (Å²) in [5, 5.41) is 2.77. The molecule has 0 aliphatic carbocycles. The van der Waals surface area contributed by atoms with Crippen molar-refractivity contribution in [2.75, 3.05) is 25.0 Å². The Morgan fingerprint density at radius 1 is 1.22 bits per heavy atom. The van der Waals surface area contributed by atoms with Crippen LogP contribution in [-0.4, -0.2) is 41.4 Å². The lowest BCUT2D eigenvalue weighted by molar-refractivity contribution is -0.127. The van der Waals surface area contributed by atoms with Crippen molar-refractivity contribution in [3.05, 3.63) is 59.8 Å². The molecular formula is C26H35N3O3. The van der Waals surface area contributed by atoms with Gasteiger partial charge in [-0.1, -0.05) is 32.0 Å². The number of benzene rings is 1. The molecule has 32 heavy (non-hydrogen) atoms. The van der Waals surface area contributed by atoms with E-state index in [9.17, 15) is 9.59 Å². The third-order valence-electron chi connectivity index (χ3n) is 5.75. The first-order chi connectivity index (χ1) is 15.7.